The number of nitrogens with zero attached hydrogens (tertiary/aromatic N) is 2. The molecule has 86 valence electrons. The van der Waals surface area contributed by atoms with Gasteiger partial charge in [-0.3, -0.25) is 4.79 Å². The Morgan fingerprint density at radius 2 is 2.00 bits per heavy atom. The molecule has 2 aliphatic rings. The molecule has 2 rings (SSSR count). The summed E-state index contributed by atoms with van der Waals surface area (Å²) in [6.45, 7) is 4.08. The number of amides is 1. The van der Waals surface area contributed by atoms with Gasteiger partial charge in [0.25, 0.3) is 0 Å². The zero-order valence-corrected chi connectivity index (χ0v) is 9.61. The first-order valence-corrected chi connectivity index (χ1v) is 5.72. The van der Waals surface area contributed by atoms with Gasteiger partial charge in [-0.1, -0.05) is 0 Å². The van der Waals surface area contributed by atoms with E-state index in [2.05, 4.69) is 4.90 Å². The van der Waals surface area contributed by atoms with Crippen molar-refractivity contribution in [2.45, 2.75) is 18.9 Å². The van der Waals surface area contributed by atoms with E-state index in [1.165, 1.54) is 0 Å². The van der Waals surface area contributed by atoms with Crippen molar-refractivity contribution in [3.8, 4) is 0 Å². The van der Waals surface area contributed by atoms with Gasteiger partial charge in [0.05, 0.1) is 12.7 Å². The molecule has 0 bridgehead atoms. The van der Waals surface area contributed by atoms with Gasteiger partial charge < -0.3 is 14.5 Å². The highest BCUT2D eigenvalue weighted by Crippen LogP contribution is 2.21. The van der Waals surface area contributed by atoms with Crippen molar-refractivity contribution in [3.05, 3.63) is 0 Å². The predicted molar refractivity (Wildman–Crippen MR) is 57.6 cm³/mol. The normalized spacial score (nSPS) is 27.7. The van der Waals surface area contributed by atoms with Gasteiger partial charge in [0.2, 0.25) is 5.91 Å². The fraction of sp³-hybridized carbons (Fsp3) is 0.909. The molecule has 4 nitrogen and oxygen atoms in total. The quantitative estimate of drug-likeness (QED) is 0.626. The lowest BCUT2D eigenvalue weighted by molar-refractivity contribution is -0.134. The van der Waals surface area contributed by atoms with Crippen LogP contribution in [0.3, 0.4) is 0 Å². The number of epoxide rings is 1. The Morgan fingerprint density at radius 3 is 2.47 bits per heavy atom. The predicted octanol–water partition coefficient (Wildman–Crippen LogP) is 0.185. The summed E-state index contributed by atoms with van der Waals surface area (Å²) in [6.07, 6.45) is 2.49. The van der Waals surface area contributed by atoms with E-state index in [1.807, 2.05) is 14.1 Å². The standard InChI is InChI=1S/C11H20N2O2/c1-12(2)11(14)9-3-5-13(6-4-9)7-10-8-15-10/h9-10H,3-8H2,1-2H3/t10-/m0/s1. The fourth-order valence-electron chi connectivity index (χ4n) is 2.19. The van der Waals surface area contributed by atoms with E-state index in [4.69, 9.17) is 4.74 Å². The van der Waals surface area contributed by atoms with Crippen LogP contribution in [0.2, 0.25) is 0 Å². The van der Waals surface area contributed by atoms with Crippen molar-refractivity contribution >= 4 is 5.91 Å². The average Bonchev–Trinajstić information content (AvgIpc) is 3.02. The molecule has 2 heterocycles. The lowest BCUT2D eigenvalue weighted by atomic mass is 9.95. The number of carbonyl (C=O) groups excluding carboxylic acids is 1. The van der Waals surface area contributed by atoms with Crippen LogP contribution in [0, 0.1) is 5.92 Å². The summed E-state index contributed by atoms with van der Waals surface area (Å²) in [6, 6.07) is 0. The van der Waals surface area contributed by atoms with E-state index < -0.39 is 0 Å². The van der Waals surface area contributed by atoms with Gasteiger partial charge in [0, 0.05) is 26.6 Å². The Kier molecular flexibility index (Phi) is 3.26. The van der Waals surface area contributed by atoms with Crippen molar-refractivity contribution in [3.63, 3.8) is 0 Å². The van der Waals surface area contributed by atoms with E-state index in [0.717, 1.165) is 39.1 Å². The van der Waals surface area contributed by atoms with Crippen molar-refractivity contribution < 1.29 is 9.53 Å². The summed E-state index contributed by atoms with van der Waals surface area (Å²) < 4.78 is 5.21. The lowest BCUT2D eigenvalue weighted by Gasteiger charge is -2.31. The van der Waals surface area contributed by atoms with Crippen LogP contribution in [-0.2, 0) is 9.53 Å². The van der Waals surface area contributed by atoms with Gasteiger partial charge in [-0.25, -0.2) is 0 Å². The maximum atomic E-state index is 11.7. The van der Waals surface area contributed by atoms with E-state index in [-0.39, 0.29) is 11.8 Å². The minimum Gasteiger partial charge on any atom is -0.372 e. The largest absolute Gasteiger partial charge is 0.372 e. The van der Waals surface area contributed by atoms with Gasteiger partial charge in [-0.2, -0.15) is 0 Å². The van der Waals surface area contributed by atoms with Crippen LogP contribution in [-0.4, -0.2) is 62.1 Å². The second kappa shape index (κ2) is 4.49. The zero-order valence-electron chi connectivity index (χ0n) is 9.61. The molecule has 0 saturated carbocycles. The van der Waals surface area contributed by atoms with Crippen molar-refractivity contribution in [2.24, 2.45) is 5.92 Å². The van der Waals surface area contributed by atoms with Gasteiger partial charge in [-0.05, 0) is 25.9 Å². The third-order valence-electron chi connectivity index (χ3n) is 3.24. The molecule has 0 spiro atoms. The Labute approximate surface area is 91.2 Å². The number of hydrogen-bond acceptors (Lipinski definition) is 3. The Hall–Kier alpha value is -0.610. The number of ether oxygens (including phenoxy) is 1. The molecule has 1 amide bonds. The average molecular weight is 212 g/mol. The maximum Gasteiger partial charge on any atom is 0.225 e. The van der Waals surface area contributed by atoms with E-state index >= 15 is 0 Å². The highest BCUT2D eigenvalue weighted by Gasteiger charge is 2.30. The Bertz CT molecular complexity index is 231. The summed E-state index contributed by atoms with van der Waals surface area (Å²) in [4.78, 5) is 15.8. The molecular formula is C11H20N2O2. The molecule has 2 aliphatic heterocycles. The first kappa shape index (κ1) is 10.9. The second-order valence-electron chi connectivity index (χ2n) is 4.76. The molecule has 0 aromatic carbocycles. The molecule has 15 heavy (non-hydrogen) atoms. The Morgan fingerprint density at radius 1 is 1.40 bits per heavy atom. The smallest absolute Gasteiger partial charge is 0.225 e. The second-order valence-corrected chi connectivity index (χ2v) is 4.76. The summed E-state index contributed by atoms with van der Waals surface area (Å²) >= 11 is 0. The molecule has 1 atom stereocenters. The van der Waals surface area contributed by atoms with Gasteiger partial charge >= 0.3 is 0 Å². The SMILES string of the molecule is CN(C)C(=O)C1CCN(C[C@H]2CO2)CC1. The maximum absolute atomic E-state index is 11.7. The number of piperidine rings is 1. The summed E-state index contributed by atoms with van der Waals surface area (Å²) in [7, 11) is 3.68. The molecule has 0 aromatic rings. The molecule has 2 saturated heterocycles. The lowest BCUT2D eigenvalue weighted by Crippen LogP contribution is -2.41. The first-order chi connectivity index (χ1) is 7.16. The molecule has 2 fully saturated rings. The highest BCUT2D eigenvalue weighted by molar-refractivity contribution is 5.78. The molecule has 0 unspecified atom stereocenters. The van der Waals surface area contributed by atoms with Crippen molar-refractivity contribution in [1.82, 2.24) is 9.80 Å². The third kappa shape index (κ3) is 2.92. The van der Waals surface area contributed by atoms with Gasteiger partial charge in [0.15, 0.2) is 0 Å². The van der Waals surface area contributed by atoms with E-state index in [1.54, 1.807) is 4.90 Å². The van der Waals surface area contributed by atoms with Crippen molar-refractivity contribution in [1.29, 1.82) is 0 Å². The fourth-order valence-corrected chi connectivity index (χ4v) is 2.19. The van der Waals surface area contributed by atoms with Crippen LogP contribution in [0.4, 0.5) is 0 Å². The van der Waals surface area contributed by atoms with Gasteiger partial charge in [0.1, 0.15) is 0 Å². The van der Waals surface area contributed by atoms with E-state index in [0.29, 0.717) is 6.10 Å². The topological polar surface area (TPSA) is 36.1 Å². The number of rotatable bonds is 3. The zero-order chi connectivity index (χ0) is 10.8. The van der Waals surface area contributed by atoms with Crippen LogP contribution < -0.4 is 0 Å². The minimum absolute atomic E-state index is 0.247. The van der Waals surface area contributed by atoms with Crippen LogP contribution >= 0.6 is 0 Å². The van der Waals surface area contributed by atoms with Crippen LogP contribution in [0.25, 0.3) is 0 Å². The minimum atomic E-state index is 0.247. The van der Waals surface area contributed by atoms with Crippen LogP contribution in [0.1, 0.15) is 12.8 Å². The Balaban J connectivity index is 1.73. The van der Waals surface area contributed by atoms with Crippen LogP contribution in [0.15, 0.2) is 0 Å². The number of likely N-dealkylation sites (tertiary alicyclic amines) is 1. The van der Waals surface area contributed by atoms with E-state index in [9.17, 15) is 4.79 Å². The first-order valence-electron chi connectivity index (χ1n) is 5.72. The molecule has 0 N–H and O–H groups in total. The monoisotopic (exact) mass is 212 g/mol. The molecule has 4 heteroatoms. The van der Waals surface area contributed by atoms with Crippen LogP contribution in [0.5, 0.6) is 0 Å². The summed E-state index contributed by atoms with van der Waals surface area (Å²) in [5.74, 6) is 0.536. The number of hydrogen-bond donors (Lipinski definition) is 0. The van der Waals surface area contributed by atoms with Crippen molar-refractivity contribution in [2.75, 3.05) is 40.3 Å². The summed E-state index contributed by atoms with van der Waals surface area (Å²) in [5, 5.41) is 0. The third-order valence-corrected chi connectivity index (χ3v) is 3.24. The molecule has 0 aliphatic carbocycles. The molecular weight excluding hydrogens is 192 g/mol. The molecule has 0 aromatic heterocycles. The van der Waals surface area contributed by atoms with Gasteiger partial charge in [-0.15, -0.1) is 0 Å². The highest BCUT2D eigenvalue weighted by atomic mass is 16.6. The number of carbonyl (C=O) groups is 1. The molecule has 0 radical (unpaired) electrons. The summed E-state index contributed by atoms with van der Waals surface area (Å²) in [5.41, 5.74) is 0.